The van der Waals surface area contributed by atoms with Crippen molar-refractivity contribution in [2.75, 3.05) is 13.2 Å². The van der Waals surface area contributed by atoms with Gasteiger partial charge >= 0.3 is 17.9 Å². The molecule has 0 aromatic heterocycles. The molecule has 0 amide bonds. The number of allylic oxidation sites excluding steroid dienone is 18. The molecule has 0 aliphatic carbocycles. The maximum absolute atomic E-state index is 12.8. The van der Waals surface area contributed by atoms with Gasteiger partial charge in [-0.2, -0.15) is 0 Å². The van der Waals surface area contributed by atoms with Gasteiger partial charge in [0.2, 0.25) is 0 Å². The van der Waals surface area contributed by atoms with Crippen LogP contribution in [0.1, 0.15) is 239 Å². The zero-order valence-electron chi connectivity index (χ0n) is 43.4. The molecule has 0 bridgehead atoms. The molecule has 6 nitrogen and oxygen atoms in total. The topological polar surface area (TPSA) is 78.9 Å². The summed E-state index contributed by atoms with van der Waals surface area (Å²) in [6.45, 7) is 6.48. The summed E-state index contributed by atoms with van der Waals surface area (Å²) < 4.78 is 16.7. The van der Waals surface area contributed by atoms with E-state index in [2.05, 4.69) is 124 Å². The van der Waals surface area contributed by atoms with Crippen LogP contribution in [0.15, 0.2) is 109 Å². The largest absolute Gasteiger partial charge is 0.462 e. The van der Waals surface area contributed by atoms with Crippen LogP contribution in [-0.2, 0) is 28.6 Å². The summed E-state index contributed by atoms with van der Waals surface area (Å²) in [6.07, 6.45) is 73.7. The van der Waals surface area contributed by atoms with E-state index in [1.807, 2.05) is 6.08 Å². The molecule has 0 aromatic rings. The van der Waals surface area contributed by atoms with Gasteiger partial charge in [-0.3, -0.25) is 14.4 Å². The van der Waals surface area contributed by atoms with E-state index in [9.17, 15) is 14.4 Å². The maximum Gasteiger partial charge on any atom is 0.306 e. The van der Waals surface area contributed by atoms with E-state index in [1.165, 1.54) is 103 Å². The van der Waals surface area contributed by atoms with E-state index in [1.54, 1.807) is 0 Å². The fourth-order valence-corrected chi connectivity index (χ4v) is 7.11. The molecule has 0 heterocycles. The minimum Gasteiger partial charge on any atom is -0.462 e. The van der Waals surface area contributed by atoms with Crippen LogP contribution >= 0.6 is 0 Å². The molecule has 0 N–H and O–H groups in total. The van der Waals surface area contributed by atoms with E-state index >= 15 is 0 Å². The molecule has 0 radical (unpaired) electrons. The van der Waals surface area contributed by atoms with Gasteiger partial charge in [-0.05, 0) is 103 Å². The fourth-order valence-electron chi connectivity index (χ4n) is 7.11. The Morgan fingerprint density at radius 3 is 0.955 bits per heavy atom. The summed E-state index contributed by atoms with van der Waals surface area (Å²) in [5, 5.41) is 0. The van der Waals surface area contributed by atoms with Crippen molar-refractivity contribution < 1.29 is 28.6 Å². The molecule has 0 aromatic carbocycles. The van der Waals surface area contributed by atoms with Gasteiger partial charge in [0.05, 0.1) is 0 Å². The summed E-state index contributed by atoms with van der Waals surface area (Å²) in [7, 11) is 0. The summed E-state index contributed by atoms with van der Waals surface area (Å²) in [4.78, 5) is 38.0. The highest BCUT2D eigenvalue weighted by Gasteiger charge is 2.19. The van der Waals surface area contributed by atoms with Gasteiger partial charge in [0, 0.05) is 19.3 Å². The Labute approximate surface area is 412 Å². The van der Waals surface area contributed by atoms with E-state index < -0.39 is 6.10 Å². The number of hydrogen-bond acceptors (Lipinski definition) is 6. The van der Waals surface area contributed by atoms with Gasteiger partial charge in [0.25, 0.3) is 0 Å². The Hall–Kier alpha value is -3.93. The molecular formula is C61H100O6. The van der Waals surface area contributed by atoms with Gasteiger partial charge in [0.15, 0.2) is 6.10 Å². The Kier molecular flexibility index (Phi) is 51.5. The highest BCUT2D eigenvalue weighted by Crippen LogP contribution is 2.13. The molecular weight excluding hydrogens is 829 g/mol. The summed E-state index contributed by atoms with van der Waals surface area (Å²) in [6, 6.07) is 0. The average Bonchev–Trinajstić information content (AvgIpc) is 3.33. The number of esters is 3. The van der Waals surface area contributed by atoms with Gasteiger partial charge in [-0.15, -0.1) is 0 Å². The van der Waals surface area contributed by atoms with Crippen molar-refractivity contribution in [2.45, 2.75) is 245 Å². The lowest BCUT2D eigenvalue weighted by atomic mass is 10.1. The molecule has 0 saturated heterocycles. The van der Waals surface area contributed by atoms with Crippen LogP contribution < -0.4 is 0 Å². The van der Waals surface area contributed by atoms with Crippen LogP contribution in [0.5, 0.6) is 0 Å². The molecule has 0 saturated carbocycles. The summed E-state index contributed by atoms with van der Waals surface area (Å²) in [5.74, 6) is -1.04. The lowest BCUT2D eigenvalue weighted by molar-refractivity contribution is -0.166. The summed E-state index contributed by atoms with van der Waals surface area (Å²) >= 11 is 0. The maximum atomic E-state index is 12.8. The second kappa shape index (κ2) is 54.7. The lowest BCUT2D eigenvalue weighted by Crippen LogP contribution is -2.30. The third-order valence-electron chi connectivity index (χ3n) is 11.3. The zero-order chi connectivity index (χ0) is 48.6. The fraction of sp³-hybridized carbons (Fsp3) is 0.656. The van der Waals surface area contributed by atoms with Gasteiger partial charge < -0.3 is 14.2 Å². The first kappa shape index (κ1) is 63.1. The van der Waals surface area contributed by atoms with Crippen molar-refractivity contribution in [2.24, 2.45) is 0 Å². The number of ether oxygens (including phenoxy) is 3. The van der Waals surface area contributed by atoms with Crippen molar-refractivity contribution in [3.05, 3.63) is 109 Å². The van der Waals surface area contributed by atoms with Gasteiger partial charge in [-0.25, -0.2) is 0 Å². The number of hydrogen-bond donors (Lipinski definition) is 0. The van der Waals surface area contributed by atoms with Crippen LogP contribution in [0.3, 0.4) is 0 Å². The Morgan fingerprint density at radius 1 is 0.299 bits per heavy atom. The molecule has 67 heavy (non-hydrogen) atoms. The Morgan fingerprint density at radius 2 is 0.567 bits per heavy atom. The van der Waals surface area contributed by atoms with Crippen molar-refractivity contribution in [3.8, 4) is 0 Å². The molecule has 6 heteroatoms. The molecule has 0 spiro atoms. The number of carbonyl (C=O) groups is 3. The zero-order valence-corrected chi connectivity index (χ0v) is 43.4. The molecule has 0 aliphatic heterocycles. The first-order valence-corrected chi connectivity index (χ1v) is 27.4. The number of unbranched alkanes of at least 4 members (excludes halogenated alkanes) is 19. The van der Waals surface area contributed by atoms with Gasteiger partial charge in [0.1, 0.15) is 13.2 Å². The molecule has 1 atom stereocenters. The quantitative estimate of drug-likeness (QED) is 0.0262. The standard InChI is InChI=1S/C61H100O6/c1-4-7-10-13-16-19-22-24-26-28-30-32-34-36-39-42-45-48-51-54-60(63)66-57-58(56-65-59(62)53-50-47-44-41-38-21-18-15-12-9-6-3)67-61(64)55-52-49-46-43-40-37-35-33-31-29-27-25-23-20-17-14-11-8-5-2/h16-17,19-20,24-27,30-33,36-37,39-40,45,48,58H,4-15,18,21-23,28-29,34-35,38,41-44,46-47,49-57H2,1-3H3/b19-16-,20-17-,26-24-,27-25-,32-30-,33-31-,39-36-,40-37-,48-45-/t58-/m0/s1. The monoisotopic (exact) mass is 929 g/mol. The van der Waals surface area contributed by atoms with E-state index in [-0.39, 0.29) is 44.0 Å². The average molecular weight is 929 g/mol. The Balaban J connectivity index is 4.55. The minimum atomic E-state index is -0.825. The Bertz CT molecular complexity index is 1390. The van der Waals surface area contributed by atoms with E-state index in [4.69, 9.17) is 14.2 Å². The normalized spacial score (nSPS) is 12.9. The molecule has 0 unspecified atom stereocenters. The smallest absolute Gasteiger partial charge is 0.306 e. The first-order valence-electron chi connectivity index (χ1n) is 27.4. The lowest BCUT2D eigenvalue weighted by Gasteiger charge is -2.18. The second-order valence-corrected chi connectivity index (χ2v) is 17.8. The highest BCUT2D eigenvalue weighted by atomic mass is 16.6. The first-order chi connectivity index (χ1) is 33.0. The van der Waals surface area contributed by atoms with Crippen LogP contribution in [-0.4, -0.2) is 37.2 Å². The van der Waals surface area contributed by atoms with Crippen LogP contribution in [0.4, 0.5) is 0 Å². The third-order valence-corrected chi connectivity index (χ3v) is 11.3. The molecule has 0 fully saturated rings. The second-order valence-electron chi connectivity index (χ2n) is 17.8. The van der Waals surface area contributed by atoms with Crippen LogP contribution in [0.25, 0.3) is 0 Å². The van der Waals surface area contributed by atoms with Crippen LogP contribution in [0.2, 0.25) is 0 Å². The molecule has 380 valence electrons. The predicted molar refractivity (Wildman–Crippen MR) is 288 cm³/mol. The van der Waals surface area contributed by atoms with Crippen molar-refractivity contribution in [1.29, 1.82) is 0 Å². The van der Waals surface area contributed by atoms with Crippen LogP contribution in [0, 0.1) is 0 Å². The third kappa shape index (κ3) is 52.9. The van der Waals surface area contributed by atoms with Crippen molar-refractivity contribution in [1.82, 2.24) is 0 Å². The number of rotatable bonds is 48. The highest BCUT2D eigenvalue weighted by molar-refractivity contribution is 5.71. The number of carbonyl (C=O) groups excluding carboxylic acids is 3. The van der Waals surface area contributed by atoms with E-state index in [0.29, 0.717) is 19.3 Å². The molecule has 0 rings (SSSR count). The van der Waals surface area contributed by atoms with Crippen molar-refractivity contribution >= 4 is 17.9 Å². The van der Waals surface area contributed by atoms with E-state index in [0.717, 1.165) is 83.5 Å². The van der Waals surface area contributed by atoms with Gasteiger partial charge in [-0.1, -0.05) is 226 Å². The molecule has 0 aliphatic rings. The van der Waals surface area contributed by atoms with Crippen molar-refractivity contribution in [3.63, 3.8) is 0 Å². The predicted octanol–water partition coefficient (Wildman–Crippen LogP) is 18.3. The minimum absolute atomic E-state index is 0.114. The summed E-state index contributed by atoms with van der Waals surface area (Å²) in [5.41, 5.74) is 0. The SMILES string of the molecule is CCCCC/C=C\C/C=C\C/C=C\C/C=C\C/C=C\CCC(=O)OC[C@H](COC(=O)CCCCCCCCCCCCC)OC(=O)CCCCC/C=C\C/C=C\C/C=C\C/C=C\CCCCC.